The predicted molar refractivity (Wildman–Crippen MR) is 138 cm³/mol. The molecule has 1 aliphatic carbocycles. The van der Waals surface area contributed by atoms with Gasteiger partial charge in [-0.05, 0) is 43.2 Å². The number of carboxylic acids is 1. The number of aromatic nitrogens is 1. The Kier molecular flexibility index (Phi) is 6.67. The number of ether oxygens (including phenoxy) is 3. The van der Waals surface area contributed by atoms with Crippen LogP contribution < -0.4 is 9.47 Å². The molecule has 2 N–H and O–H groups in total. The molecule has 0 unspecified atom stereocenters. The van der Waals surface area contributed by atoms with Gasteiger partial charge in [0.25, 0.3) is 0 Å². The second kappa shape index (κ2) is 9.85. The minimum absolute atomic E-state index is 0.0473. The van der Waals surface area contributed by atoms with Crippen molar-refractivity contribution in [1.29, 1.82) is 0 Å². The van der Waals surface area contributed by atoms with Crippen molar-refractivity contribution in [1.82, 2.24) is 4.57 Å². The topological polar surface area (TPSA) is 90.2 Å². The highest BCUT2D eigenvalue weighted by atomic mass is 19.1. The van der Waals surface area contributed by atoms with E-state index in [0.717, 1.165) is 18.6 Å². The third-order valence-corrected chi connectivity index (χ3v) is 7.43. The van der Waals surface area contributed by atoms with Gasteiger partial charge in [-0.15, -0.1) is 0 Å². The molecule has 0 atom stereocenters. The Balaban J connectivity index is 1.99. The lowest BCUT2D eigenvalue weighted by molar-refractivity contribution is 0.0692. The van der Waals surface area contributed by atoms with Crippen molar-refractivity contribution in [3.8, 4) is 34.1 Å². The lowest BCUT2D eigenvalue weighted by atomic mass is 9.65. The SMILES string of the molecule is COCC1(c2c(-c3cc(OC)c(C(=O)O)cc3F)c3c(O)cc(F)cc3n2-c2ccc(F)c(OC)c2)CCC1. The summed E-state index contributed by atoms with van der Waals surface area (Å²) in [5, 5.41) is 20.8. The molecule has 1 fully saturated rings. The summed E-state index contributed by atoms with van der Waals surface area (Å²) in [5.41, 5.74) is 0.223. The number of hydrogen-bond donors (Lipinski definition) is 2. The Hall–Kier alpha value is -4.18. The second-order valence-electron chi connectivity index (χ2n) is 9.60. The molecular formula is C29H26F3NO6. The van der Waals surface area contributed by atoms with Crippen molar-refractivity contribution >= 4 is 16.9 Å². The Labute approximate surface area is 222 Å². The van der Waals surface area contributed by atoms with E-state index in [2.05, 4.69) is 0 Å². The summed E-state index contributed by atoms with van der Waals surface area (Å²) in [6.45, 7) is 0.226. The van der Waals surface area contributed by atoms with Crippen LogP contribution in [0.1, 0.15) is 35.3 Å². The van der Waals surface area contributed by atoms with Crippen molar-refractivity contribution < 1.29 is 42.4 Å². The first-order valence-electron chi connectivity index (χ1n) is 12.2. The molecule has 0 amide bonds. The zero-order valence-corrected chi connectivity index (χ0v) is 21.5. The Bertz CT molecular complexity index is 1610. The fourth-order valence-electron chi connectivity index (χ4n) is 5.59. The number of halogens is 3. The van der Waals surface area contributed by atoms with Gasteiger partial charge in [0.05, 0.1) is 31.7 Å². The molecule has 4 aromatic rings. The number of aromatic carboxylic acids is 1. The Morgan fingerprint density at radius 3 is 2.28 bits per heavy atom. The third-order valence-electron chi connectivity index (χ3n) is 7.43. The largest absolute Gasteiger partial charge is 0.507 e. The summed E-state index contributed by atoms with van der Waals surface area (Å²) in [7, 11) is 4.12. The summed E-state index contributed by atoms with van der Waals surface area (Å²) < 4.78 is 62.7. The van der Waals surface area contributed by atoms with E-state index in [1.54, 1.807) is 4.57 Å². The average molecular weight is 542 g/mol. The summed E-state index contributed by atoms with van der Waals surface area (Å²) in [6.07, 6.45) is 2.11. The minimum atomic E-state index is -1.38. The number of nitrogens with zero attached hydrogens (tertiary/aromatic N) is 1. The maximum Gasteiger partial charge on any atom is 0.339 e. The molecule has 0 aliphatic heterocycles. The van der Waals surface area contributed by atoms with Crippen LogP contribution in [0, 0.1) is 17.5 Å². The van der Waals surface area contributed by atoms with Crippen molar-refractivity contribution in [2.24, 2.45) is 0 Å². The van der Waals surface area contributed by atoms with E-state index in [4.69, 9.17) is 14.2 Å². The van der Waals surface area contributed by atoms with E-state index in [0.29, 0.717) is 24.2 Å². The standard InChI is InChI=1S/C29H26F3NO6/c1-37-14-29(7-4-8-29)27-25(17-13-23(38-2)18(28(35)36)12-20(17)32)26-21(9-15(30)10-22(26)34)33(27)16-5-6-19(31)24(11-16)39-3/h5-6,9-13,34H,4,7-8,14H2,1-3H3,(H,35,36). The molecule has 7 nitrogen and oxygen atoms in total. The van der Waals surface area contributed by atoms with Gasteiger partial charge >= 0.3 is 5.97 Å². The zero-order chi connectivity index (χ0) is 28.1. The molecule has 204 valence electrons. The molecule has 1 heterocycles. The lowest BCUT2D eigenvalue weighted by Gasteiger charge is -2.43. The van der Waals surface area contributed by atoms with Crippen LogP contribution in [-0.4, -0.2) is 48.7 Å². The number of phenols is 1. The number of fused-ring (bicyclic) bond motifs is 1. The van der Waals surface area contributed by atoms with Crippen LogP contribution in [0.25, 0.3) is 27.7 Å². The van der Waals surface area contributed by atoms with Crippen molar-refractivity contribution in [3.05, 3.63) is 71.2 Å². The Morgan fingerprint density at radius 2 is 1.69 bits per heavy atom. The van der Waals surface area contributed by atoms with Gasteiger partial charge in [0, 0.05) is 47.2 Å². The maximum absolute atomic E-state index is 15.8. The van der Waals surface area contributed by atoms with Gasteiger partial charge in [-0.25, -0.2) is 18.0 Å². The van der Waals surface area contributed by atoms with E-state index in [1.807, 2.05) is 0 Å². The molecule has 0 saturated heterocycles. The van der Waals surface area contributed by atoms with Gasteiger partial charge in [-0.2, -0.15) is 0 Å². The van der Waals surface area contributed by atoms with Crippen LogP contribution in [0.4, 0.5) is 13.2 Å². The second-order valence-corrected chi connectivity index (χ2v) is 9.60. The molecule has 0 radical (unpaired) electrons. The van der Waals surface area contributed by atoms with E-state index >= 15 is 4.39 Å². The molecule has 39 heavy (non-hydrogen) atoms. The first-order valence-corrected chi connectivity index (χ1v) is 12.2. The van der Waals surface area contributed by atoms with Gasteiger partial charge in [-0.3, -0.25) is 0 Å². The van der Waals surface area contributed by atoms with Crippen LogP contribution in [0.3, 0.4) is 0 Å². The van der Waals surface area contributed by atoms with Crippen LogP contribution in [0.5, 0.6) is 17.2 Å². The van der Waals surface area contributed by atoms with Crippen molar-refractivity contribution in [2.45, 2.75) is 24.7 Å². The zero-order valence-electron chi connectivity index (χ0n) is 21.5. The van der Waals surface area contributed by atoms with Crippen LogP contribution in [0.15, 0.2) is 42.5 Å². The summed E-state index contributed by atoms with van der Waals surface area (Å²) in [4.78, 5) is 11.7. The molecule has 0 spiro atoms. The molecule has 3 aromatic carbocycles. The van der Waals surface area contributed by atoms with Crippen LogP contribution in [0.2, 0.25) is 0 Å². The normalized spacial score (nSPS) is 14.3. The first-order chi connectivity index (χ1) is 18.7. The minimum Gasteiger partial charge on any atom is -0.507 e. The fourth-order valence-corrected chi connectivity index (χ4v) is 5.59. The van der Waals surface area contributed by atoms with Gasteiger partial charge in [-0.1, -0.05) is 6.42 Å². The summed E-state index contributed by atoms with van der Waals surface area (Å²) >= 11 is 0. The van der Waals surface area contributed by atoms with Gasteiger partial charge < -0.3 is 29.0 Å². The molecular weight excluding hydrogens is 515 g/mol. The molecule has 10 heteroatoms. The molecule has 5 rings (SSSR count). The molecule has 1 aliphatic rings. The maximum atomic E-state index is 15.8. The molecule has 1 aromatic heterocycles. The van der Waals surface area contributed by atoms with E-state index in [-0.39, 0.29) is 45.7 Å². The lowest BCUT2D eigenvalue weighted by Crippen LogP contribution is -2.41. The molecule has 1 saturated carbocycles. The summed E-state index contributed by atoms with van der Waals surface area (Å²) in [6, 6.07) is 8.37. The van der Waals surface area contributed by atoms with Gasteiger partial charge in [0.15, 0.2) is 11.6 Å². The smallest absolute Gasteiger partial charge is 0.339 e. The first kappa shape index (κ1) is 26.4. The van der Waals surface area contributed by atoms with Gasteiger partial charge in [0.2, 0.25) is 0 Å². The third kappa shape index (κ3) is 4.15. The predicted octanol–water partition coefficient (Wildman–Crippen LogP) is 6.20. The highest BCUT2D eigenvalue weighted by Gasteiger charge is 2.45. The number of methoxy groups -OCH3 is 3. The average Bonchev–Trinajstić information content (AvgIpc) is 3.21. The number of aromatic hydroxyl groups is 1. The number of carboxylic acid groups (broad SMARTS) is 1. The fraction of sp³-hybridized carbons (Fsp3) is 0.276. The number of phenolic OH excluding ortho intramolecular Hbond substituents is 1. The number of hydrogen-bond acceptors (Lipinski definition) is 5. The van der Waals surface area contributed by atoms with Gasteiger partial charge in [0.1, 0.15) is 28.7 Å². The number of benzene rings is 3. The highest BCUT2D eigenvalue weighted by molar-refractivity contribution is 6.04. The summed E-state index contributed by atoms with van der Waals surface area (Å²) in [5.74, 6) is -4.19. The number of carbonyl (C=O) groups is 1. The van der Waals surface area contributed by atoms with E-state index in [9.17, 15) is 23.8 Å². The van der Waals surface area contributed by atoms with E-state index < -0.39 is 34.6 Å². The van der Waals surface area contributed by atoms with Crippen molar-refractivity contribution in [3.63, 3.8) is 0 Å². The van der Waals surface area contributed by atoms with Crippen molar-refractivity contribution in [2.75, 3.05) is 27.9 Å². The Morgan fingerprint density at radius 1 is 0.974 bits per heavy atom. The van der Waals surface area contributed by atoms with Crippen LogP contribution >= 0.6 is 0 Å². The highest BCUT2D eigenvalue weighted by Crippen LogP contribution is 2.54. The number of rotatable bonds is 8. The quantitative estimate of drug-likeness (QED) is 0.276. The van der Waals surface area contributed by atoms with Crippen LogP contribution in [-0.2, 0) is 10.2 Å². The molecule has 0 bridgehead atoms. The monoisotopic (exact) mass is 541 g/mol. The van der Waals surface area contributed by atoms with E-state index in [1.165, 1.54) is 51.7 Å².